The third kappa shape index (κ3) is 4.56. The van der Waals surface area contributed by atoms with Crippen molar-refractivity contribution in [3.63, 3.8) is 0 Å². The Bertz CT molecular complexity index is 920. The first-order chi connectivity index (χ1) is 13.1. The molecule has 0 fully saturated rings. The maximum atomic E-state index is 12.6. The van der Waals surface area contributed by atoms with Gasteiger partial charge in [-0.1, -0.05) is 13.8 Å². The molecular formula is C22H24N2O3. The van der Waals surface area contributed by atoms with Crippen molar-refractivity contribution in [3.05, 3.63) is 60.3 Å². The Kier molecular flexibility index (Phi) is 5.91. The van der Waals surface area contributed by atoms with Crippen LogP contribution in [-0.2, 0) is 0 Å². The van der Waals surface area contributed by atoms with Crippen LogP contribution in [0.5, 0.6) is 11.5 Å². The zero-order valence-corrected chi connectivity index (χ0v) is 15.9. The topological polar surface area (TPSA) is 60.5 Å². The van der Waals surface area contributed by atoms with E-state index in [4.69, 9.17) is 9.47 Å². The fourth-order valence-corrected chi connectivity index (χ4v) is 2.69. The Morgan fingerprint density at radius 3 is 2.56 bits per heavy atom. The molecule has 0 unspecified atom stereocenters. The van der Waals surface area contributed by atoms with Crippen molar-refractivity contribution in [2.75, 3.05) is 18.5 Å². The number of nitrogens with zero attached hydrogens (tertiary/aromatic N) is 1. The van der Waals surface area contributed by atoms with E-state index in [2.05, 4.69) is 24.1 Å². The van der Waals surface area contributed by atoms with Crippen LogP contribution in [0.3, 0.4) is 0 Å². The molecular weight excluding hydrogens is 340 g/mol. The van der Waals surface area contributed by atoms with Crippen LogP contribution >= 0.6 is 0 Å². The summed E-state index contributed by atoms with van der Waals surface area (Å²) in [4.78, 5) is 17.0. The Morgan fingerprint density at radius 2 is 1.85 bits per heavy atom. The van der Waals surface area contributed by atoms with Gasteiger partial charge in [-0.25, -0.2) is 0 Å². The van der Waals surface area contributed by atoms with Crippen LogP contribution < -0.4 is 14.8 Å². The van der Waals surface area contributed by atoms with E-state index < -0.39 is 0 Å². The second kappa shape index (κ2) is 8.54. The van der Waals surface area contributed by atoms with Crippen molar-refractivity contribution in [1.29, 1.82) is 0 Å². The molecule has 0 aliphatic carbocycles. The molecule has 140 valence electrons. The van der Waals surface area contributed by atoms with E-state index in [0.29, 0.717) is 36.1 Å². The van der Waals surface area contributed by atoms with E-state index in [1.54, 1.807) is 18.3 Å². The van der Waals surface area contributed by atoms with E-state index in [1.807, 2.05) is 43.3 Å². The van der Waals surface area contributed by atoms with Gasteiger partial charge in [-0.3, -0.25) is 9.78 Å². The van der Waals surface area contributed by atoms with Crippen LogP contribution in [0.25, 0.3) is 10.9 Å². The highest BCUT2D eigenvalue weighted by Crippen LogP contribution is 2.30. The van der Waals surface area contributed by atoms with Gasteiger partial charge in [0.05, 0.1) is 18.9 Å². The van der Waals surface area contributed by atoms with Crippen molar-refractivity contribution in [3.8, 4) is 11.5 Å². The number of ether oxygens (including phenoxy) is 2. The molecule has 1 N–H and O–H groups in total. The minimum atomic E-state index is -0.181. The van der Waals surface area contributed by atoms with E-state index in [9.17, 15) is 4.79 Å². The summed E-state index contributed by atoms with van der Waals surface area (Å²) in [7, 11) is 0. The summed E-state index contributed by atoms with van der Waals surface area (Å²) in [5.74, 6) is 1.74. The molecule has 0 atom stereocenters. The highest BCUT2D eigenvalue weighted by molar-refractivity contribution is 6.09. The number of rotatable bonds is 7. The normalized spacial score (nSPS) is 10.8. The number of carbonyl (C=O) groups is 1. The first-order valence-electron chi connectivity index (χ1n) is 9.13. The number of benzene rings is 2. The fourth-order valence-electron chi connectivity index (χ4n) is 2.69. The van der Waals surface area contributed by atoms with Gasteiger partial charge in [-0.05, 0) is 61.4 Å². The molecule has 0 spiro atoms. The molecule has 27 heavy (non-hydrogen) atoms. The minimum Gasteiger partial charge on any atom is -0.493 e. The summed E-state index contributed by atoms with van der Waals surface area (Å²) in [5, 5.41) is 3.81. The van der Waals surface area contributed by atoms with E-state index >= 15 is 0 Å². The van der Waals surface area contributed by atoms with Crippen LogP contribution in [0.1, 0.15) is 31.1 Å². The van der Waals surface area contributed by atoms with Gasteiger partial charge in [0.2, 0.25) is 0 Å². The predicted octanol–water partition coefficient (Wildman–Crippen LogP) is 4.92. The van der Waals surface area contributed by atoms with Crippen LogP contribution in [0, 0.1) is 5.92 Å². The molecule has 1 heterocycles. The van der Waals surface area contributed by atoms with Gasteiger partial charge in [0.1, 0.15) is 17.0 Å². The van der Waals surface area contributed by atoms with Crippen molar-refractivity contribution in [2.45, 2.75) is 20.8 Å². The van der Waals surface area contributed by atoms with E-state index in [0.717, 1.165) is 16.7 Å². The number of hydrogen-bond donors (Lipinski definition) is 1. The summed E-state index contributed by atoms with van der Waals surface area (Å²) in [5.41, 5.74) is 2.00. The Hall–Kier alpha value is -3.08. The molecule has 2 aromatic carbocycles. The molecule has 0 saturated carbocycles. The van der Waals surface area contributed by atoms with Crippen molar-refractivity contribution >= 4 is 22.5 Å². The molecule has 1 aromatic heterocycles. The van der Waals surface area contributed by atoms with Crippen molar-refractivity contribution in [1.82, 2.24) is 4.98 Å². The van der Waals surface area contributed by atoms with Gasteiger partial charge >= 0.3 is 0 Å². The summed E-state index contributed by atoms with van der Waals surface area (Å²) in [6.07, 6.45) is 1.71. The first kappa shape index (κ1) is 18.7. The Morgan fingerprint density at radius 1 is 1.07 bits per heavy atom. The number of anilines is 1. The molecule has 3 rings (SSSR count). The number of fused-ring (bicyclic) bond motifs is 1. The third-order valence-corrected chi connectivity index (χ3v) is 3.98. The highest BCUT2D eigenvalue weighted by Gasteiger charge is 2.12. The number of nitrogens with one attached hydrogen (secondary N) is 1. The predicted molar refractivity (Wildman–Crippen MR) is 108 cm³/mol. The van der Waals surface area contributed by atoms with Crippen LogP contribution in [-0.4, -0.2) is 24.1 Å². The molecule has 5 nitrogen and oxygen atoms in total. The molecule has 1 amide bonds. The summed E-state index contributed by atoms with van der Waals surface area (Å²) in [6.45, 7) is 7.33. The maximum absolute atomic E-state index is 12.6. The zero-order chi connectivity index (χ0) is 19.2. The fraction of sp³-hybridized carbons (Fsp3) is 0.273. The number of amides is 1. The van der Waals surface area contributed by atoms with Gasteiger partial charge in [0.15, 0.2) is 0 Å². The van der Waals surface area contributed by atoms with Gasteiger partial charge < -0.3 is 14.8 Å². The molecule has 5 heteroatoms. The van der Waals surface area contributed by atoms with Crippen molar-refractivity contribution in [2.24, 2.45) is 5.92 Å². The number of aromatic nitrogens is 1. The van der Waals surface area contributed by atoms with Gasteiger partial charge in [0.25, 0.3) is 5.91 Å². The summed E-state index contributed by atoms with van der Waals surface area (Å²) < 4.78 is 11.3. The Labute approximate surface area is 159 Å². The second-order valence-electron chi connectivity index (χ2n) is 6.63. The standard InChI is InChI=1S/C22H24N2O3/c1-4-26-20-12-11-19(18-6-5-13-23-21(18)20)24-22(25)16-7-9-17(10-8-16)27-14-15(2)3/h5-13,15H,4,14H2,1-3H3,(H,24,25). The smallest absolute Gasteiger partial charge is 0.255 e. The molecule has 0 saturated heterocycles. The zero-order valence-electron chi connectivity index (χ0n) is 15.9. The molecule has 0 bridgehead atoms. The lowest BCUT2D eigenvalue weighted by Gasteiger charge is -2.12. The van der Waals surface area contributed by atoms with Crippen LogP contribution in [0.4, 0.5) is 5.69 Å². The second-order valence-corrected chi connectivity index (χ2v) is 6.63. The van der Waals surface area contributed by atoms with Gasteiger partial charge in [-0.2, -0.15) is 0 Å². The quantitative estimate of drug-likeness (QED) is 0.646. The van der Waals surface area contributed by atoms with Crippen LogP contribution in [0.2, 0.25) is 0 Å². The average molecular weight is 364 g/mol. The SMILES string of the molecule is CCOc1ccc(NC(=O)c2ccc(OCC(C)C)cc2)c2cccnc12. The summed E-state index contributed by atoms with van der Waals surface area (Å²) >= 11 is 0. The average Bonchev–Trinajstić information content (AvgIpc) is 2.68. The molecule has 3 aromatic rings. The lowest BCUT2D eigenvalue weighted by molar-refractivity contribution is 0.102. The maximum Gasteiger partial charge on any atom is 0.255 e. The Balaban J connectivity index is 1.79. The number of carbonyl (C=O) groups excluding carboxylic acids is 1. The minimum absolute atomic E-state index is 0.181. The summed E-state index contributed by atoms with van der Waals surface area (Å²) in [6, 6.07) is 14.6. The number of pyridine rings is 1. The van der Waals surface area contributed by atoms with Crippen molar-refractivity contribution < 1.29 is 14.3 Å². The number of hydrogen-bond acceptors (Lipinski definition) is 4. The van der Waals surface area contributed by atoms with Gasteiger partial charge in [0, 0.05) is 17.1 Å². The first-order valence-corrected chi connectivity index (χ1v) is 9.13. The third-order valence-electron chi connectivity index (χ3n) is 3.98. The lowest BCUT2D eigenvalue weighted by atomic mass is 10.1. The van der Waals surface area contributed by atoms with E-state index in [1.165, 1.54) is 0 Å². The monoisotopic (exact) mass is 364 g/mol. The molecule has 0 aliphatic rings. The van der Waals surface area contributed by atoms with E-state index in [-0.39, 0.29) is 5.91 Å². The highest BCUT2D eigenvalue weighted by atomic mass is 16.5. The molecule has 0 radical (unpaired) electrons. The molecule has 0 aliphatic heterocycles. The largest absolute Gasteiger partial charge is 0.493 e. The van der Waals surface area contributed by atoms with Crippen LogP contribution in [0.15, 0.2) is 54.7 Å². The lowest BCUT2D eigenvalue weighted by Crippen LogP contribution is -2.12. The van der Waals surface area contributed by atoms with Gasteiger partial charge in [-0.15, -0.1) is 0 Å².